The third-order valence-corrected chi connectivity index (χ3v) is 7.08. The number of rotatable bonds is 8. The first kappa shape index (κ1) is 25.9. The summed E-state index contributed by atoms with van der Waals surface area (Å²) in [4.78, 5) is 40.5. The number of carbonyl (C=O) groups excluding carboxylic acids is 2. The van der Waals surface area contributed by atoms with Crippen LogP contribution in [0.25, 0.3) is 16.5 Å². The van der Waals surface area contributed by atoms with Gasteiger partial charge < -0.3 is 14.8 Å². The summed E-state index contributed by atoms with van der Waals surface area (Å²) < 4.78 is 11.7. The molecule has 2 heterocycles. The van der Waals surface area contributed by atoms with E-state index in [0.717, 1.165) is 27.1 Å². The number of hydrogen-bond donors (Lipinski definition) is 1. The predicted octanol–water partition coefficient (Wildman–Crippen LogP) is 5.40. The molecular formula is C30H25N3O5S. The second kappa shape index (κ2) is 11.3. The first-order valence-corrected chi connectivity index (χ1v) is 13.2. The van der Waals surface area contributed by atoms with Crippen LogP contribution in [0.5, 0.6) is 5.75 Å². The molecule has 0 saturated carbocycles. The Balaban J connectivity index is 1.65. The Bertz CT molecular complexity index is 1660. The lowest BCUT2D eigenvalue weighted by Crippen LogP contribution is -2.26. The number of carbonyl (C=O) groups is 2. The van der Waals surface area contributed by atoms with E-state index in [-0.39, 0.29) is 23.6 Å². The lowest BCUT2D eigenvalue weighted by Gasteiger charge is -2.17. The number of hydrogen-bond acceptors (Lipinski definition) is 7. The summed E-state index contributed by atoms with van der Waals surface area (Å²) in [5, 5.41) is 9.77. The minimum absolute atomic E-state index is 0.0197. The summed E-state index contributed by atoms with van der Waals surface area (Å²) >= 11 is 1.16. The summed E-state index contributed by atoms with van der Waals surface area (Å²) in [7, 11) is 1.52. The van der Waals surface area contributed by atoms with Gasteiger partial charge in [-0.25, -0.2) is 4.79 Å². The normalized spacial score (nSPS) is 10.9. The van der Waals surface area contributed by atoms with E-state index in [9.17, 15) is 14.4 Å². The minimum atomic E-state index is -0.665. The van der Waals surface area contributed by atoms with E-state index < -0.39 is 17.4 Å². The molecule has 0 aliphatic rings. The molecule has 2 aromatic heterocycles. The first-order valence-electron chi connectivity index (χ1n) is 12.3. The fourth-order valence-electron chi connectivity index (χ4n) is 4.38. The van der Waals surface area contributed by atoms with Gasteiger partial charge in [0.15, 0.2) is 5.69 Å². The summed E-state index contributed by atoms with van der Waals surface area (Å²) in [5.74, 6) is -1.07. The molecule has 0 aliphatic heterocycles. The molecule has 39 heavy (non-hydrogen) atoms. The van der Waals surface area contributed by atoms with Gasteiger partial charge in [0, 0.05) is 16.8 Å². The molecule has 0 radical (unpaired) electrons. The van der Waals surface area contributed by atoms with Crippen LogP contribution >= 0.6 is 11.3 Å². The van der Waals surface area contributed by atoms with Crippen molar-refractivity contribution in [3.05, 3.63) is 117 Å². The molecule has 3 aromatic carbocycles. The van der Waals surface area contributed by atoms with Gasteiger partial charge >= 0.3 is 5.97 Å². The number of anilines is 1. The number of nitrogens with zero attached hydrogens (tertiary/aromatic N) is 2. The van der Waals surface area contributed by atoms with Crippen LogP contribution < -0.4 is 15.6 Å². The highest BCUT2D eigenvalue weighted by Gasteiger charge is 2.27. The number of esters is 1. The van der Waals surface area contributed by atoms with Gasteiger partial charge in [0.25, 0.3) is 5.56 Å². The van der Waals surface area contributed by atoms with Crippen LogP contribution in [-0.2, 0) is 9.53 Å². The van der Waals surface area contributed by atoms with Gasteiger partial charge in [0.05, 0.1) is 30.7 Å². The molecule has 5 aromatic rings. The van der Waals surface area contributed by atoms with E-state index in [4.69, 9.17) is 9.47 Å². The first-order chi connectivity index (χ1) is 19.0. The number of thiophene rings is 1. The van der Waals surface area contributed by atoms with E-state index in [1.54, 1.807) is 36.6 Å². The van der Waals surface area contributed by atoms with E-state index in [0.29, 0.717) is 21.8 Å². The predicted molar refractivity (Wildman–Crippen MR) is 151 cm³/mol. The Labute approximate surface area is 228 Å². The number of ether oxygens (including phenoxy) is 2. The van der Waals surface area contributed by atoms with Crippen LogP contribution in [0.2, 0.25) is 0 Å². The topological polar surface area (TPSA) is 99.5 Å². The standard InChI is InChI=1S/C30H25N3O5S/c1-3-38-30(36)26-23-18-39-28(25(23)29(35)33(32-26)21-15-10-16-22(17-21)37-2)31-27(34)24(19-11-6-4-7-12-19)20-13-8-5-9-14-20/h4-18,24H,3H2,1-2H3,(H,31,34). The fraction of sp³-hybridized carbons (Fsp3) is 0.133. The number of aromatic nitrogens is 2. The maximum Gasteiger partial charge on any atom is 0.359 e. The molecule has 5 rings (SSSR count). The fourth-order valence-corrected chi connectivity index (χ4v) is 5.32. The summed E-state index contributed by atoms with van der Waals surface area (Å²) in [6.07, 6.45) is 0. The highest BCUT2D eigenvalue weighted by molar-refractivity contribution is 7.16. The summed E-state index contributed by atoms with van der Waals surface area (Å²) in [5.41, 5.74) is 1.52. The Morgan fingerprint density at radius 1 is 0.974 bits per heavy atom. The SMILES string of the molecule is CCOC(=O)c1nn(-c2cccc(OC)c2)c(=O)c2c(NC(=O)C(c3ccccc3)c3ccccc3)scc12. The molecule has 9 heteroatoms. The Morgan fingerprint density at radius 3 is 2.26 bits per heavy atom. The Hall–Kier alpha value is -4.76. The molecule has 1 amide bonds. The van der Waals surface area contributed by atoms with Crippen molar-refractivity contribution in [2.75, 3.05) is 19.0 Å². The second-order valence-electron chi connectivity index (χ2n) is 8.58. The Morgan fingerprint density at radius 2 is 1.64 bits per heavy atom. The molecule has 0 saturated heterocycles. The highest BCUT2D eigenvalue weighted by atomic mass is 32.1. The monoisotopic (exact) mass is 539 g/mol. The van der Waals surface area contributed by atoms with Crippen LogP contribution in [0.15, 0.2) is 95.1 Å². The molecule has 1 N–H and O–H groups in total. The molecule has 0 spiro atoms. The van der Waals surface area contributed by atoms with Gasteiger partial charge in [-0.2, -0.15) is 9.78 Å². The van der Waals surface area contributed by atoms with Gasteiger partial charge in [-0.05, 0) is 30.2 Å². The van der Waals surface area contributed by atoms with Crippen LogP contribution in [0.4, 0.5) is 5.00 Å². The van der Waals surface area contributed by atoms with Crippen molar-refractivity contribution in [2.45, 2.75) is 12.8 Å². The molecule has 0 atom stereocenters. The zero-order valence-electron chi connectivity index (χ0n) is 21.3. The van der Waals surface area contributed by atoms with Crippen molar-refractivity contribution in [3.8, 4) is 11.4 Å². The summed E-state index contributed by atoms with van der Waals surface area (Å²) in [6.45, 7) is 1.84. The summed E-state index contributed by atoms with van der Waals surface area (Å²) in [6, 6.07) is 25.6. The van der Waals surface area contributed by atoms with Gasteiger partial charge in [-0.15, -0.1) is 11.3 Å². The number of fused-ring (bicyclic) bond motifs is 1. The van der Waals surface area contributed by atoms with Crippen molar-refractivity contribution in [3.63, 3.8) is 0 Å². The smallest absolute Gasteiger partial charge is 0.359 e. The van der Waals surface area contributed by atoms with Crippen LogP contribution in [-0.4, -0.2) is 35.4 Å². The van der Waals surface area contributed by atoms with Crippen LogP contribution in [0.3, 0.4) is 0 Å². The molecule has 0 bridgehead atoms. The van der Waals surface area contributed by atoms with Crippen molar-refractivity contribution in [1.82, 2.24) is 9.78 Å². The van der Waals surface area contributed by atoms with Crippen molar-refractivity contribution >= 4 is 39.0 Å². The van der Waals surface area contributed by atoms with Gasteiger partial charge in [-0.3, -0.25) is 9.59 Å². The van der Waals surface area contributed by atoms with Crippen molar-refractivity contribution < 1.29 is 19.1 Å². The quantitative estimate of drug-likeness (QED) is 0.265. The molecule has 0 fully saturated rings. The third kappa shape index (κ3) is 5.17. The molecular weight excluding hydrogens is 514 g/mol. The van der Waals surface area contributed by atoms with E-state index in [1.807, 2.05) is 60.7 Å². The van der Waals surface area contributed by atoms with E-state index in [1.165, 1.54) is 7.11 Å². The largest absolute Gasteiger partial charge is 0.497 e. The lowest BCUT2D eigenvalue weighted by atomic mass is 9.90. The van der Waals surface area contributed by atoms with E-state index >= 15 is 0 Å². The minimum Gasteiger partial charge on any atom is -0.497 e. The number of methoxy groups -OCH3 is 1. The average molecular weight is 540 g/mol. The van der Waals surface area contributed by atoms with Crippen LogP contribution in [0, 0.1) is 0 Å². The van der Waals surface area contributed by atoms with Gasteiger partial charge in [-0.1, -0.05) is 66.7 Å². The van der Waals surface area contributed by atoms with Crippen molar-refractivity contribution in [2.24, 2.45) is 0 Å². The van der Waals surface area contributed by atoms with Crippen LogP contribution in [0.1, 0.15) is 34.5 Å². The molecule has 196 valence electrons. The third-order valence-electron chi connectivity index (χ3n) is 6.18. The maximum absolute atomic E-state index is 13.8. The number of benzene rings is 3. The Kier molecular flexibility index (Phi) is 7.51. The van der Waals surface area contributed by atoms with Crippen molar-refractivity contribution in [1.29, 1.82) is 0 Å². The molecule has 0 unspecified atom stereocenters. The maximum atomic E-state index is 13.8. The molecule has 8 nitrogen and oxygen atoms in total. The van der Waals surface area contributed by atoms with Gasteiger partial charge in [0.2, 0.25) is 5.91 Å². The van der Waals surface area contributed by atoms with E-state index in [2.05, 4.69) is 10.4 Å². The number of nitrogens with one attached hydrogen (secondary N) is 1. The second-order valence-corrected chi connectivity index (χ2v) is 9.46. The zero-order chi connectivity index (χ0) is 27.4. The zero-order valence-corrected chi connectivity index (χ0v) is 22.1. The lowest BCUT2D eigenvalue weighted by molar-refractivity contribution is -0.116. The average Bonchev–Trinajstić information content (AvgIpc) is 3.38. The highest BCUT2D eigenvalue weighted by Crippen LogP contribution is 2.33. The number of amides is 1. The molecule has 0 aliphatic carbocycles. The van der Waals surface area contributed by atoms with Gasteiger partial charge in [0.1, 0.15) is 10.8 Å².